The summed E-state index contributed by atoms with van der Waals surface area (Å²) in [4.78, 5) is 39.8. The largest absolute Gasteiger partial charge is 0.508 e. The van der Waals surface area contributed by atoms with E-state index < -0.39 is 29.4 Å². The molecule has 0 bridgehead atoms. The lowest BCUT2D eigenvalue weighted by atomic mass is 9.97. The van der Waals surface area contributed by atoms with Gasteiger partial charge in [0.2, 0.25) is 0 Å². The topological polar surface area (TPSA) is 94.9 Å². The van der Waals surface area contributed by atoms with E-state index in [1.807, 2.05) is 13.8 Å². The average molecular weight is 428 g/mol. The molecule has 2 rings (SSSR count). The molecule has 0 aliphatic carbocycles. The molecule has 6 heteroatoms. The maximum atomic E-state index is 13.0. The van der Waals surface area contributed by atoms with E-state index in [-0.39, 0.29) is 22.8 Å². The Balaban J connectivity index is 2.23. The van der Waals surface area contributed by atoms with Crippen LogP contribution in [0.5, 0.6) is 5.75 Å². The number of nitrogens with zero attached hydrogens (tertiary/aromatic N) is 1. The Morgan fingerprint density at radius 2 is 1.74 bits per heavy atom. The van der Waals surface area contributed by atoms with Crippen LogP contribution in [0.15, 0.2) is 42.0 Å². The van der Waals surface area contributed by atoms with Crippen LogP contribution in [0.1, 0.15) is 71.3 Å². The Labute approximate surface area is 184 Å². The van der Waals surface area contributed by atoms with Gasteiger partial charge in [-0.05, 0) is 55.5 Å². The number of hydrogen-bond donors (Lipinski definition) is 2. The van der Waals surface area contributed by atoms with E-state index in [1.165, 1.54) is 49.6 Å². The summed E-state index contributed by atoms with van der Waals surface area (Å²) < 4.78 is 0. The monoisotopic (exact) mass is 427 g/mol. The molecule has 2 N–H and O–H groups in total. The summed E-state index contributed by atoms with van der Waals surface area (Å²) in [6.45, 7) is 5.98. The van der Waals surface area contributed by atoms with E-state index in [0.717, 1.165) is 24.2 Å². The highest BCUT2D eigenvalue weighted by atomic mass is 16.3. The molecule has 1 aliphatic rings. The fraction of sp³-hybridized carbons (Fsp3) is 0.480. The van der Waals surface area contributed by atoms with Crippen LogP contribution < -0.4 is 0 Å². The van der Waals surface area contributed by atoms with Crippen molar-refractivity contribution in [3.05, 3.63) is 47.6 Å². The van der Waals surface area contributed by atoms with Crippen molar-refractivity contribution in [2.24, 2.45) is 5.92 Å². The van der Waals surface area contributed by atoms with Crippen LogP contribution in [0.2, 0.25) is 0 Å². The summed E-state index contributed by atoms with van der Waals surface area (Å²) in [6.07, 6.45) is 9.77. The summed E-state index contributed by atoms with van der Waals surface area (Å²) in [6, 6.07) is 4.61. The number of aromatic hydroxyl groups is 1. The predicted molar refractivity (Wildman–Crippen MR) is 120 cm³/mol. The van der Waals surface area contributed by atoms with Crippen LogP contribution in [-0.2, 0) is 14.4 Å². The Kier molecular flexibility index (Phi) is 9.03. The number of likely N-dealkylation sites (tertiary alicyclic amines) is 1. The van der Waals surface area contributed by atoms with Crippen LogP contribution in [0.25, 0.3) is 5.76 Å². The molecule has 0 aromatic heterocycles. The molecule has 6 nitrogen and oxygen atoms in total. The third-order valence-corrected chi connectivity index (χ3v) is 5.34. The molecule has 0 saturated carbocycles. The maximum absolute atomic E-state index is 13.0. The van der Waals surface area contributed by atoms with E-state index in [4.69, 9.17) is 0 Å². The number of aliphatic hydroxyl groups excluding tert-OH is 1. The minimum absolute atomic E-state index is 0.0000510. The molecule has 1 aromatic rings. The number of phenolic OH excluding ortho intramolecular Hbond substituents is 1. The second-order valence-electron chi connectivity index (χ2n) is 8.40. The van der Waals surface area contributed by atoms with Crippen molar-refractivity contribution in [1.29, 1.82) is 0 Å². The first-order chi connectivity index (χ1) is 14.8. The first-order valence-corrected chi connectivity index (χ1v) is 11.1. The minimum Gasteiger partial charge on any atom is -0.508 e. The molecule has 31 heavy (non-hydrogen) atoms. The normalized spacial score (nSPS) is 18.5. The van der Waals surface area contributed by atoms with Gasteiger partial charge in [-0.25, -0.2) is 0 Å². The lowest BCUT2D eigenvalue weighted by molar-refractivity contribution is -0.141. The third-order valence-electron chi connectivity index (χ3n) is 5.34. The minimum atomic E-state index is -0.927. The summed E-state index contributed by atoms with van der Waals surface area (Å²) >= 11 is 0. The average Bonchev–Trinajstić information content (AvgIpc) is 2.96. The van der Waals surface area contributed by atoms with E-state index in [2.05, 4.69) is 6.92 Å². The number of benzene rings is 1. The number of imide groups is 1. The highest BCUT2D eigenvalue weighted by molar-refractivity contribution is 6.34. The van der Waals surface area contributed by atoms with E-state index in [1.54, 1.807) is 6.08 Å². The zero-order chi connectivity index (χ0) is 23.0. The van der Waals surface area contributed by atoms with Gasteiger partial charge in [-0.1, -0.05) is 52.5 Å². The molecule has 0 radical (unpaired) electrons. The number of carbonyl (C=O) groups excluding carboxylic acids is 3. The number of hydrogen-bond acceptors (Lipinski definition) is 5. The van der Waals surface area contributed by atoms with Crippen molar-refractivity contribution in [1.82, 2.24) is 4.90 Å². The van der Waals surface area contributed by atoms with Gasteiger partial charge in [-0.2, -0.15) is 0 Å². The first kappa shape index (κ1) is 24.4. The van der Waals surface area contributed by atoms with Gasteiger partial charge in [0.05, 0.1) is 0 Å². The number of allylic oxidation sites excluding steroid dienone is 1. The number of Topliss-reactive ketones (excluding diaryl/α,β-unsaturated/α-hetero) is 1. The van der Waals surface area contributed by atoms with Crippen LogP contribution in [-0.4, -0.2) is 38.8 Å². The van der Waals surface area contributed by atoms with Gasteiger partial charge in [0, 0.05) is 5.56 Å². The molecule has 1 saturated heterocycles. The molecule has 1 fully saturated rings. The van der Waals surface area contributed by atoms with Crippen molar-refractivity contribution in [3.8, 4) is 5.75 Å². The number of unbranched alkanes of at least 4 members (excludes halogenated alkanes) is 5. The van der Waals surface area contributed by atoms with Gasteiger partial charge < -0.3 is 10.2 Å². The molecule has 2 amide bonds. The Hall–Kier alpha value is -2.89. The highest BCUT2D eigenvalue weighted by Gasteiger charge is 2.47. The van der Waals surface area contributed by atoms with E-state index in [9.17, 15) is 24.6 Å². The number of aliphatic hydroxyl groups is 1. The fourth-order valence-corrected chi connectivity index (χ4v) is 3.68. The standard InChI is InChI=1S/C25H33NO5/c1-4-5-6-7-8-9-10-11-21(28)26-20(16-17(2)3)24(30)22(25(26)31)23(29)18-12-14-19(27)15-13-18/h10-15,17,20,27,29H,4-9,16H2,1-3H3/b11-10+,23-22-. The first-order valence-electron chi connectivity index (χ1n) is 11.1. The maximum Gasteiger partial charge on any atom is 0.268 e. The van der Waals surface area contributed by atoms with Gasteiger partial charge in [-0.15, -0.1) is 0 Å². The van der Waals surface area contributed by atoms with Crippen LogP contribution >= 0.6 is 0 Å². The number of carbonyl (C=O) groups is 3. The third kappa shape index (κ3) is 6.29. The molecule has 1 atom stereocenters. The molecule has 1 aliphatic heterocycles. The van der Waals surface area contributed by atoms with Crippen LogP contribution in [0.3, 0.4) is 0 Å². The molecular formula is C25H33NO5. The zero-order valence-electron chi connectivity index (χ0n) is 18.6. The van der Waals surface area contributed by atoms with Crippen LogP contribution in [0.4, 0.5) is 0 Å². The van der Waals surface area contributed by atoms with Gasteiger partial charge in [0.15, 0.2) is 5.78 Å². The number of phenols is 1. The number of ketones is 1. The Bertz CT molecular complexity index is 851. The Morgan fingerprint density at radius 1 is 1.10 bits per heavy atom. The van der Waals surface area contributed by atoms with E-state index in [0.29, 0.717) is 6.42 Å². The van der Waals surface area contributed by atoms with Gasteiger partial charge in [0.25, 0.3) is 11.8 Å². The quantitative estimate of drug-likeness (QED) is 0.239. The molecule has 1 unspecified atom stereocenters. The predicted octanol–water partition coefficient (Wildman–Crippen LogP) is 4.93. The second kappa shape index (κ2) is 11.5. The molecular weight excluding hydrogens is 394 g/mol. The molecule has 1 aromatic carbocycles. The molecule has 168 valence electrons. The zero-order valence-corrected chi connectivity index (χ0v) is 18.6. The second-order valence-corrected chi connectivity index (χ2v) is 8.40. The molecule has 0 spiro atoms. The Morgan fingerprint density at radius 3 is 2.35 bits per heavy atom. The van der Waals surface area contributed by atoms with Crippen molar-refractivity contribution in [2.75, 3.05) is 0 Å². The smallest absolute Gasteiger partial charge is 0.268 e. The van der Waals surface area contributed by atoms with Crippen molar-refractivity contribution >= 4 is 23.4 Å². The molecule has 1 heterocycles. The van der Waals surface area contributed by atoms with Crippen molar-refractivity contribution < 1.29 is 24.6 Å². The lowest BCUT2D eigenvalue weighted by Gasteiger charge is -2.21. The fourth-order valence-electron chi connectivity index (χ4n) is 3.68. The summed E-state index contributed by atoms with van der Waals surface area (Å²) in [5.41, 5.74) is -0.146. The van der Waals surface area contributed by atoms with Crippen molar-refractivity contribution in [2.45, 2.75) is 71.8 Å². The van der Waals surface area contributed by atoms with Crippen LogP contribution in [0, 0.1) is 5.92 Å². The van der Waals surface area contributed by atoms with E-state index >= 15 is 0 Å². The van der Waals surface area contributed by atoms with Gasteiger partial charge >= 0.3 is 0 Å². The van der Waals surface area contributed by atoms with Crippen molar-refractivity contribution in [3.63, 3.8) is 0 Å². The highest BCUT2D eigenvalue weighted by Crippen LogP contribution is 2.31. The SMILES string of the molecule is CCCCCCC/C=C/C(=O)N1C(=O)/C(=C(\O)c2ccc(O)cc2)C(=O)C1CC(C)C. The van der Waals surface area contributed by atoms with Gasteiger partial charge in [-0.3, -0.25) is 19.3 Å². The summed E-state index contributed by atoms with van der Waals surface area (Å²) in [5.74, 6) is -2.26. The lowest BCUT2D eigenvalue weighted by Crippen LogP contribution is -2.40. The van der Waals surface area contributed by atoms with Gasteiger partial charge in [0.1, 0.15) is 23.1 Å². The summed E-state index contributed by atoms with van der Waals surface area (Å²) in [5, 5.41) is 20.1. The summed E-state index contributed by atoms with van der Waals surface area (Å²) in [7, 11) is 0. The number of amides is 2. The number of rotatable bonds is 10.